The van der Waals surface area contributed by atoms with Gasteiger partial charge in [0.1, 0.15) is 4.21 Å². The molecule has 7 heteroatoms. The molecule has 0 saturated carbocycles. The molecule has 1 atom stereocenters. The first-order valence-corrected chi connectivity index (χ1v) is 12.7. The molecule has 156 valence electrons. The normalized spacial score (nSPS) is 19.5. The Kier molecular flexibility index (Phi) is 6.08. The Morgan fingerprint density at radius 3 is 2.55 bits per heavy atom. The molecule has 1 saturated heterocycles. The molecule has 1 aliphatic carbocycles. The van der Waals surface area contributed by atoms with Crippen molar-refractivity contribution >= 4 is 27.3 Å². The van der Waals surface area contributed by atoms with E-state index in [4.69, 9.17) is 0 Å². The van der Waals surface area contributed by atoms with Crippen LogP contribution in [0.15, 0.2) is 39.9 Å². The Hall–Kier alpha value is -1.70. The van der Waals surface area contributed by atoms with Crippen LogP contribution in [0.5, 0.6) is 0 Å². The quantitative estimate of drug-likeness (QED) is 0.779. The number of thiophene rings is 1. The molecule has 0 radical (unpaired) electrons. The highest BCUT2D eigenvalue weighted by Gasteiger charge is 2.33. The monoisotopic (exact) mass is 432 g/mol. The number of hydrogen-bond acceptors (Lipinski definition) is 4. The maximum atomic E-state index is 12.8. The second-order valence-corrected chi connectivity index (χ2v) is 11.2. The number of carbonyl (C=O) groups excluding carboxylic acids is 1. The Balaban J connectivity index is 1.34. The Morgan fingerprint density at radius 1 is 1.14 bits per heavy atom. The summed E-state index contributed by atoms with van der Waals surface area (Å²) in [5.74, 6) is -0.103. The van der Waals surface area contributed by atoms with Gasteiger partial charge in [-0.05, 0) is 73.6 Å². The maximum Gasteiger partial charge on any atom is 0.252 e. The van der Waals surface area contributed by atoms with E-state index in [1.807, 2.05) is 6.92 Å². The molecule has 4 rings (SSSR count). The number of sulfonamides is 1. The van der Waals surface area contributed by atoms with Gasteiger partial charge < -0.3 is 5.32 Å². The van der Waals surface area contributed by atoms with Gasteiger partial charge in [0.2, 0.25) is 5.91 Å². The number of fused-ring (bicyclic) bond motifs is 1. The van der Waals surface area contributed by atoms with Crippen LogP contribution in [0.3, 0.4) is 0 Å². The van der Waals surface area contributed by atoms with Crippen molar-refractivity contribution in [1.82, 2.24) is 9.62 Å². The molecule has 2 heterocycles. The number of piperidine rings is 1. The third-order valence-electron chi connectivity index (χ3n) is 6.15. The molecule has 1 aromatic carbocycles. The first-order chi connectivity index (χ1) is 13.9. The van der Waals surface area contributed by atoms with Crippen LogP contribution in [0.1, 0.15) is 55.3 Å². The van der Waals surface area contributed by atoms with Gasteiger partial charge in [-0.3, -0.25) is 4.79 Å². The van der Waals surface area contributed by atoms with Crippen LogP contribution in [0, 0.1) is 5.92 Å². The van der Waals surface area contributed by atoms with Gasteiger partial charge in [-0.15, -0.1) is 11.3 Å². The zero-order valence-electron chi connectivity index (χ0n) is 16.8. The molecule has 0 spiro atoms. The van der Waals surface area contributed by atoms with Gasteiger partial charge in [-0.1, -0.05) is 24.3 Å². The van der Waals surface area contributed by atoms with E-state index in [-0.39, 0.29) is 17.9 Å². The van der Waals surface area contributed by atoms with Crippen LogP contribution >= 0.6 is 11.3 Å². The van der Waals surface area contributed by atoms with E-state index >= 15 is 0 Å². The zero-order chi connectivity index (χ0) is 20.4. The van der Waals surface area contributed by atoms with Crippen LogP contribution < -0.4 is 5.32 Å². The highest BCUT2D eigenvalue weighted by Crippen LogP contribution is 2.28. The number of nitrogens with one attached hydrogen (secondary N) is 1. The Bertz CT molecular complexity index is 962. The molecule has 1 aliphatic heterocycles. The van der Waals surface area contributed by atoms with E-state index < -0.39 is 10.0 Å². The summed E-state index contributed by atoms with van der Waals surface area (Å²) in [6.07, 6.45) is 5.91. The van der Waals surface area contributed by atoms with Gasteiger partial charge >= 0.3 is 0 Å². The molecule has 2 aromatic rings. The molecule has 1 fully saturated rings. The molecule has 1 N–H and O–H groups in total. The fourth-order valence-corrected chi connectivity index (χ4v) is 6.95. The van der Waals surface area contributed by atoms with Crippen LogP contribution in [-0.4, -0.2) is 31.7 Å². The minimum absolute atomic E-state index is 0.0309. The van der Waals surface area contributed by atoms with Gasteiger partial charge in [0.15, 0.2) is 0 Å². The average molecular weight is 433 g/mol. The predicted molar refractivity (Wildman–Crippen MR) is 115 cm³/mol. The van der Waals surface area contributed by atoms with Gasteiger partial charge in [0.05, 0.1) is 6.04 Å². The van der Waals surface area contributed by atoms with Crippen molar-refractivity contribution in [2.75, 3.05) is 13.1 Å². The number of carbonyl (C=O) groups is 1. The van der Waals surface area contributed by atoms with Crippen LogP contribution in [0.25, 0.3) is 0 Å². The molecule has 2 aliphatic rings. The lowest BCUT2D eigenvalue weighted by Gasteiger charge is -2.31. The molecule has 1 amide bonds. The largest absolute Gasteiger partial charge is 0.349 e. The molecular weight excluding hydrogens is 404 g/mol. The SMILES string of the molecule is C[C@@H](NC(=O)C1CCN(S(=O)(=O)c2cccs2)CC1)c1ccc2c(c1)CCCC2. The number of hydrogen-bond donors (Lipinski definition) is 1. The molecule has 1 aromatic heterocycles. The fraction of sp³-hybridized carbons (Fsp3) is 0.500. The molecular formula is C22H28N2O3S2. The lowest BCUT2D eigenvalue weighted by atomic mass is 9.89. The van der Waals surface area contributed by atoms with Crippen molar-refractivity contribution in [3.05, 3.63) is 52.4 Å². The summed E-state index contributed by atoms with van der Waals surface area (Å²) in [5.41, 5.74) is 4.01. The second-order valence-electron chi connectivity index (χ2n) is 8.08. The van der Waals surface area contributed by atoms with Gasteiger partial charge in [0, 0.05) is 19.0 Å². The molecule has 29 heavy (non-hydrogen) atoms. The van der Waals surface area contributed by atoms with Crippen molar-refractivity contribution in [3.8, 4) is 0 Å². The first-order valence-electron chi connectivity index (χ1n) is 10.4. The molecule has 0 bridgehead atoms. The first kappa shape index (κ1) is 20.6. The zero-order valence-corrected chi connectivity index (χ0v) is 18.4. The van der Waals surface area contributed by atoms with Crippen LogP contribution in [0.2, 0.25) is 0 Å². The lowest BCUT2D eigenvalue weighted by Crippen LogP contribution is -2.43. The predicted octanol–water partition coefficient (Wildman–Crippen LogP) is 3.91. The van der Waals surface area contributed by atoms with Crippen LogP contribution in [-0.2, 0) is 27.7 Å². The summed E-state index contributed by atoms with van der Waals surface area (Å²) < 4.78 is 27.2. The minimum atomic E-state index is -3.42. The average Bonchev–Trinajstić information content (AvgIpc) is 3.29. The third kappa shape index (κ3) is 4.42. The van der Waals surface area contributed by atoms with Crippen LogP contribution in [0.4, 0.5) is 0 Å². The van der Waals surface area contributed by atoms with Crippen molar-refractivity contribution in [3.63, 3.8) is 0 Å². The smallest absolute Gasteiger partial charge is 0.252 e. The van der Waals surface area contributed by atoms with Crippen molar-refractivity contribution in [2.24, 2.45) is 5.92 Å². The topological polar surface area (TPSA) is 66.5 Å². The number of benzene rings is 1. The third-order valence-corrected chi connectivity index (χ3v) is 9.42. The summed E-state index contributed by atoms with van der Waals surface area (Å²) in [7, 11) is -3.42. The summed E-state index contributed by atoms with van der Waals surface area (Å²) >= 11 is 1.24. The van der Waals surface area contributed by atoms with Crippen molar-refractivity contribution in [2.45, 2.75) is 55.7 Å². The van der Waals surface area contributed by atoms with E-state index in [1.165, 1.54) is 39.6 Å². The summed E-state index contributed by atoms with van der Waals surface area (Å²) in [5, 5.41) is 4.92. The Morgan fingerprint density at radius 2 is 1.86 bits per heavy atom. The van der Waals surface area contributed by atoms with Gasteiger partial charge in [0.25, 0.3) is 10.0 Å². The van der Waals surface area contributed by atoms with Crippen molar-refractivity contribution in [1.29, 1.82) is 0 Å². The van der Waals surface area contributed by atoms with Gasteiger partial charge in [-0.2, -0.15) is 4.31 Å². The number of rotatable bonds is 5. The van der Waals surface area contributed by atoms with E-state index in [9.17, 15) is 13.2 Å². The van der Waals surface area contributed by atoms with E-state index in [0.717, 1.165) is 18.4 Å². The minimum Gasteiger partial charge on any atom is -0.349 e. The van der Waals surface area contributed by atoms with Crippen molar-refractivity contribution < 1.29 is 13.2 Å². The van der Waals surface area contributed by atoms with E-state index in [1.54, 1.807) is 17.5 Å². The number of amides is 1. The number of aryl methyl sites for hydroxylation is 2. The highest BCUT2D eigenvalue weighted by atomic mass is 32.2. The van der Waals surface area contributed by atoms with Gasteiger partial charge in [-0.25, -0.2) is 8.42 Å². The molecule has 5 nitrogen and oxygen atoms in total. The standard InChI is InChI=1S/C22H28N2O3S2/c1-16(19-9-8-17-5-2-3-6-20(17)15-19)23-22(25)18-10-12-24(13-11-18)29(26,27)21-7-4-14-28-21/h4,7-9,14-16,18H,2-3,5-6,10-13H2,1H3,(H,23,25)/t16-/m1/s1. The maximum absolute atomic E-state index is 12.8. The number of nitrogens with zero attached hydrogens (tertiary/aromatic N) is 1. The van der Waals surface area contributed by atoms with E-state index in [0.29, 0.717) is 30.1 Å². The summed E-state index contributed by atoms with van der Waals surface area (Å²) in [4.78, 5) is 12.8. The Labute approximate surface area is 177 Å². The second kappa shape index (κ2) is 8.58. The van der Waals surface area contributed by atoms with E-state index in [2.05, 4.69) is 23.5 Å². The lowest BCUT2D eigenvalue weighted by molar-refractivity contribution is -0.126. The summed E-state index contributed by atoms with van der Waals surface area (Å²) in [6.45, 7) is 2.82. The highest BCUT2D eigenvalue weighted by molar-refractivity contribution is 7.91. The molecule has 0 unspecified atom stereocenters. The summed E-state index contributed by atoms with van der Waals surface area (Å²) in [6, 6.07) is 9.93. The fourth-order valence-electron chi connectivity index (χ4n) is 4.33.